The number of anilines is 1. The summed E-state index contributed by atoms with van der Waals surface area (Å²) in [6.45, 7) is 3.35. The summed E-state index contributed by atoms with van der Waals surface area (Å²) >= 11 is 0. The first-order chi connectivity index (χ1) is 20.7. The molecule has 0 saturated carbocycles. The lowest BCUT2D eigenvalue weighted by atomic mass is 10.1. The van der Waals surface area contributed by atoms with Crippen molar-refractivity contribution in [3.05, 3.63) is 90.0 Å². The molecule has 43 heavy (non-hydrogen) atoms. The van der Waals surface area contributed by atoms with E-state index in [9.17, 15) is 19.2 Å². The summed E-state index contributed by atoms with van der Waals surface area (Å²) in [7, 11) is 3.06. The summed E-state index contributed by atoms with van der Waals surface area (Å²) in [5, 5.41) is 5.41. The summed E-state index contributed by atoms with van der Waals surface area (Å²) < 4.78 is 20.9. The van der Waals surface area contributed by atoms with Crippen molar-refractivity contribution in [3.63, 3.8) is 0 Å². The van der Waals surface area contributed by atoms with E-state index in [1.807, 2.05) is 30.3 Å². The average molecular weight is 592 g/mol. The molecule has 3 rings (SSSR count). The van der Waals surface area contributed by atoms with Gasteiger partial charge in [0.25, 0.3) is 0 Å². The van der Waals surface area contributed by atoms with Gasteiger partial charge in [-0.15, -0.1) is 0 Å². The maximum absolute atomic E-state index is 13.7. The van der Waals surface area contributed by atoms with Crippen LogP contribution in [0, 0.1) is 0 Å². The monoisotopic (exact) mass is 591 g/mol. The molecule has 0 aliphatic carbocycles. The topological polar surface area (TPSA) is 132 Å². The third-order valence-corrected chi connectivity index (χ3v) is 6.39. The van der Waals surface area contributed by atoms with E-state index in [2.05, 4.69) is 10.6 Å². The summed E-state index contributed by atoms with van der Waals surface area (Å²) in [6.07, 6.45) is -0.465. The smallest absolute Gasteiger partial charge is 0.328 e. The average Bonchev–Trinajstić information content (AvgIpc) is 3.03. The molecule has 0 bridgehead atoms. The fraction of sp³-hybridized carbons (Fsp3) is 0.312. The fourth-order valence-electron chi connectivity index (χ4n) is 4.09. The number of nitrogens with zero attached hydrogens (tertiary/aromatic N) is 1. The van der Waals surface area contributed by atoms with E-state index in [-0.39, 0.29) is 19.8 Å². The molecule has 228 valence electrons. The highest BCUT2D eigenvalue weighted by molar-refractivity contribution is 6.02. The molecule has 3 aromatic rings. The second kappa shape index (κ2) is 16.4. The van der Waals surface area contributed by atoms with Gasteiger partial charge in [-0.25, -0.2) is 9.59 Å². The number of nitrogens with one attached hydrogen (secondary N) is 2. The molecular weight excluding hydrogens is 554 g/mol. The highest BCUT2D eigenvalue weighted by Crippen LogP contribution is 2.24. The van der Waals surface area contributed by atoms with Gasteiger partial charge in [-0.2, -0.15) is 0 Å². The van der Waals surface area contributed by atoms with Crippen LogP contribution in [-0.2, 0) is 37.0 Å². The zero-order valence-electron chi connectivity index (χ0n) is 24.7. The fourth-order valence-corrected chi connectivity index (χ4v) is 4.09. The Hall–Kier alpha value is -5.06. The van der Waals surface area contributed by atoms with E-state index in [0.29, 0.717) is 17.2 Å². The number of urea groups is 1. The Kier molecular flexibility index (Phi) is 12.4. The molecule has 3 amide bonds. The van der Waals surface area contributed by atoms with E-state index in [0.717, 1.165) is 16.0 Å². The van der Waals surface area contributed by atoms with Crippen molar-refractivity contribution in [2.45, 2.75) is 45.5 Å². The van der Waals surface area contributed by atoms with Gasteiger partial charge in [0.1, 0.15) is 30.2 Å². The van der Waals surface area contributed by atoms with Crippen LogP contribution >= 0.6 is 0 Å². The maximum atomic E-state index is 13.7. The van der Waals surface area contributed by atoms with Crippen LogP contribution in [0.1, 0.15) is 31.4 Å². The Morgan fingerprint density at radius 1 is 0.791 bits per heavy atom. The van der Waals surface area contributed by atoms with Gasteiger partial charge in [0, 0.05) is 12.2 Å². The SMILES string of the molecule is CCOC(=O)CC(C(=O)N[C@@H](C)C(=O)OCc1ccccc1)N(C(=O)NCc1ccc(OC)cc1)c1ccc(OC)cc1. The number of ether oxygens (including phenoxy) is 4. The van der Waals surface area contributed by atoms with Crippen LogP contribution in [0.5, 0.6) is 11.5 Å². The van der Waals surface area contributed by atoms with Gasteiger partial charge in [-0.1, -0.05) is 42.5 Å². The van der Waals surface area contributed by atoms with Crippen LogP contribution in [0.15, 0.2) is 78.9 Å². The Morgan fingerprint density at radius 2 is 1.40 bits per heavy atom. The van der Waals surface area contributed by atoms with Crippen LogP contribution in [-0.4, -0.2) is 56.8 Å². The summed E-state index contributed by atoms with van der Waals surface area (Å²) in [5.74, 6) is -0.913. The van der Waals surface area contributed by atoms with E-state index in [4.69, 9.17) is 18.9 Å². The van der Waals surface area contributed by atoms with Crippen LogP contribution in [0.2, 0.25) is 0 Å². The highest BCUT2D eigenvalue weighted by atomic mass is 16.5. The van der Waals surface area contributed by atoms with Gasteiger partial charge in [0.2, 0.25) is 5.91 Å². The van der Waals surface area contributed by atoms with Crippen molar-refractivity contribution in [1.29, 1.82) is 0 Å². The number of carbonyl (C=O) groups is 4. The minimum Gasteiger partial charge on any atom is -0.497 e. The summed E-state index contributed by atoms with van der Waals surface area (Å²) in [4.78, 5) is 53.9. The molecule has 1 unspecified atom stereocenters. The van der Waals surface area contributed by atoms with Crippen LogP contribution in [0.4, 0.5) is 10.5 Å². The van der Waals surface area contributed by atoms with E-state index >= 15 is 0 Å². The molecule has 0 aromatic heterocycles. The molecule has 0 aliphatic rings. The third-order valence-electron chi connectivity index (χ3n) is 6.39. The largest absolute Gasteiger partial charge is 0.497 e. The number of rotatable bonds is 14. The van der Waals surface area contributed by atoms with E-state index in [1.165, 1.54) is 14.0 Å². The van der Waals surface area contributed by atoms with Crippen molar-refractivity contribution < 1.29 is 38.1 Å². The molecule has 0 heterocycles. The Bertz CT molecular complexity index is 1350. The number of methoxy groups -OCH3 is 2. The van der Waals surface area contributed by atoms with Crippen molar-refractivity contribution in [3.8, 4) is 11.5 Å². The molecule has 0 spiro atoms. The Morgan fingerprint density at radius 3 is 1.98 bits per heavy atom. The Labute approximate surface area is 251 Å². The zero-order chi connectivity index (χ0) is 31.2. The highest BCUT2D eigenvalue weighted by Gasteiger charge is 2.35. The van der Waals surface area contributed by atoms with Gasteiger partial charge in [0.05, 0.1) is 27.2 Å². The van der Waals surface area contributed by atoms with Gasteiger partial charge in [-0.3, -0.25) is 14.5 Å². The first-order valence-electron chi connectivity index (χ1n) is 13.8. The minimum absolute atomic E-state index is 0.0257. The summed E-state index contributed by atoms with van der Waals surface area (Å²) in [6, 6.07) is 19.6. The Balaban J connectivity index is 1.85. The third kappa shape index (κ3) is 9.77. The van der Waals surface area contributed by atoms with Crippen molar-refractivity contribution in [2.75, 3.05) is 25.7 Å². The lowest BCUT2D eigenvalue weighted by Crippen LogP contribution is -2.56. The first kappa shape index (κ1) is 32.5. The van der Waals surface area contributed by atoms with Gasteiger partial charge in [-0.05, 0) is 61.4 Å². The molecule has 0 fully saturated rings. The van der Waals surface area contributed by atoms with Crippen molar-refractivity contribution >= 4 is 29.6 Å². The first-order valence-corrected chi connectivity index (χ1v) is 13.8. The molecule has 11 nitrogen and oxygen atoms in total. The van der Waals surface area contributed by atoms with Crippen molar-refractivity contribution in [2.24, 2.45) is 0 Å². The predicted molar refractivity (Wildman–Crippen MR) is 160 cm³/mol. The van der Waals surface area contributed by atoms with Crippen LogP contribution in [0.3, 0.4) is 0 Å². The van der Waals surface area contributed by atoms with Gasteiger partial charge in [0.15, 0.2) is 0 Å². The lowest BCUT2D eigenvalue weighted by molar-refractivity contribution is -0.149. The minimum atomic E-state index is -1.37. The predicted octanol–water partition coefficient (Wildman–Crippen LogP) is 3.99. The number of hydrogen-bond donors (Lipinski definition) is 2. The molecule has 2 N–H and O–H groups in total. The molecule has 0 radical (unpaired) electrons. The number of esters is 2. The number of hydrogen-bond acceptors (Lipinski definition) is 8. The molecule has 0 saturated heterocycles. The lowest BCUT2D eigenvalue weighted by Gasteiger charge is -2.31. The number of amides is 3. The van der Waals surface area contributed by atoms with E-state index < -0.39 is 42.4 Å². The molecule has 3 aromatic carbocycles. The van der Waals surface area contributed by atoms with Gasteiger partial charge < -0.3 is 29.6 Å². The second-order valence-corrected chi connectivity index (χ2v) is 9.42. The zero-order valence-corrected chi connectivity index (χ0v) is 24.7. The molecule has 2 atom stereocenters. The summed E-state index contributed by atoms with van der Waals surface area (Å²) in [5.41, 5.74) is 1.88. The number of carbonyl (C=O) groups excluding carboxylic acids is 4. The normalized spacial score (nSPS) is 11.8. The van der Waals surface area contributed by atoms with Crippen molar-refractivity contribution in [1.82, 2.24) is 10.6 Å². The van der Waals surface area contributed by atoms with Crippen LogP contribution in [0.25, 0.3) is 0 Å². The molecular formula is C32H37N3O8. The van der Waals surface area contributed by atoms with Gasteiger partial charge >= 0.3 is 18.0 Å². The molecule has 0 aliphatic heterocycles. The number of benzene rings is 3. The second-order valence-electron chi connectivity index (χ2n) is 9.42. The standard InChI is InChI=1S/C32H37N3O8/c1-5-42-29(36)19-28(30(37)34-22(2)31(38)43-21-24-9-7-6-8-10-24)35(25-13-17-27(41-4)18-14-25)32(39)33-20-23-11-15-26(40-3)16-12-23/h6-18,22,28H,5,19-21H2,1-4H3,(H,33,39)(H,34,37)/t22-,28?/m0/s1. The van der Waals surface area contributed by atoms with Crippen LogP contribution < -0.4 is 25.0 Å². The quantitative estimate of drug-likeness (QED) is 0.269. The maximum Gasteiger partial charge on any atom is 0.328 e. The van der Waals surface area contributed by atoms with E-state index in [1.54, 1.807) is 62.6 Å². The molecule has 11 heteroatoms.